The maximum absolute atomic E-state index is 12.6. The molecule has 3 aromatic rings. The van der Waals surface area contributed by atoms with Gasteiger partial charge in [0.15, 0.2) is 0 Å². The van der Waals surface area contributed by atoms with Crippen LogP contribution in [0.3, 0.4) is 0 Å². The van der Waals surface area contributed by atoms with Crippen molar-refractivity contribution < 1.29 is 13.2 Å². The van der Waals surface area contributed by atoms with Gasteiger partial charge in [-0.05, 0) is 24.3 Å². The predicted octanol–water partition coefficient (Wildman–Crippen LogP) is 2.34. The maximum Gasteiger partial charge on any atom is 0.328 e. The highest BCUT2D eigenvalue weighted by atomic mass is 35.5. The van der Waals surface area contributed by atoms with Crippen molar-refractivity contribution in [1.29, 1.82) is 0 Å². The Kier molecular flexibility index (Phi) is 4.26. The Morgan fingerprint density at radius 2 is 1.72 bits per heavy atom. The standard InChI is InChI=1S/C16H16ClN3O4S/c1-19-14-8-12(17)13(9-15(14)20(2)16(19)21)18-25(22,23)11-6-4-5-10(7-11)24-3/h4-9,18H,1-3H3. The third kappa shape index (κ3) is 2.98. The van der Waals surface area contributed by atoms with Gasteiger partial charge in [0.1, 0.15) is 5.75 Å². The minimum Gasteiger partial charge on any atom is -0.497 e. The van der Waals surface area contributed by atoms with Crippen LogP contribution in [0.15, 0.2) is 46.1 Å². The normalized spacial score (nSPS) is 11.7. The molecule has 0 bridgehead atoms. The van der Waals surface area contributed by atoms with Crippen LogP contribution >= 0.6 is 11.6 Å². The lowest BCUT2D eigenvalue weighted by atomic mass is 10.3. The topological polar surface area (TPSA) is 82.3 Å². The Hall–Kier alpha value is -2.45. The zero-order chi connectivity index (χ0) is 18.4. The Balaban J connectivity index is 2.09. The number of anilines is 1. The Bertz CT molecular complexity index is 1130. The first-order valence-corrected chi connectivity index (χ1v) is 9.12. The number of hydrogen-bond donors (Lipinski definition) is 1. The molecule has 1 heterocycles. The summed E-state index contributed by atoms with van der Waals surface area (Å²) in [7, 11) is 0.832. The molecule has 0 amide bonds. The van der Waals surface area contributed by atoms with Gasteiger partial charge < -0.3 is 4.74 Å². The van der Waals surface area contributed by atoms with E-state index in [4.69, 9.17) is 16.3 Å². The number of ether oxygens (including phenoxy) is 1. The number of benzene rings is 2. The predicted molar refractivity (Wildman–Crippen MR) is 97.0 cm³/mol. The largest absolute Gasteiger partial charge is 0.497 e. The summed E-state index contributed by atoms with van der Waals surface area (Å²) in [4.78, 5) is 12.1. The molecule has 7 nitrogen and oxygen atoms in total. The molecule has 0 spiro atoms. The molecule has 9 heteroatoms. The maximum atomic E-state index is 12.6. The van der Waals surface area contributed by atoms with Crippen LogP contribution in [0.5, 0.6) is 5.75 Å². The van der Waals surface area contributed by atoms with E-state index >= 15 is 0 Å². The number of sulfonamides is 1. The van der Waals surface area contributed by atoms with Gasteiger partial charge in [0.2, 0.25) is 0 Å². The molecule has 0 atom stereocenters. The molecule has 0 unspecified atom stereocenters. The smallest absolute Gasteiger partial charge is 0.328 e. The van der Waals surface area contributed by atoms with E-state index in [0.29, 0.717) is 16.8 Å². The van der Waals surface area contributed by atoms with Gasteiger partial charge in [0, 0.05) is 20.2 Å². The zero-order valence-corrected chi connectivity index (χ0v) is 15.4. The van der Waals surface area contributed by atoms with Crippen LogP contribution in [-0.2, 0) is 24.1 Å². The second-order valence-electron chi connectivity index (χ2n) is 5.51. The molecule has 1 N–H and O–H groups in total. The van der Waals surface area contributed by atoms with E-state index in [1.165, 1.54) is 34.4 Å². The van der Waals surface area contributed by atoms with Crippen LogP contribution in [-0.4, -0.2) is 24.7 Å². The number of halogens is 1. The van der Waals surface area contributed by atoms with Crippen LogP contribution < -0.4 is 15.1 Å². The van der Waals surface area contributed by atoms with Crippen molar-refractivity contribution in [3.05, 3.63) is 51.9 Å². The molecule has 0 aliphatic heterocycles. The van der Waals surface area contributed by atoms with Gasteiger partial charge in [0.05, 0.1) is 33.7 Å². The van der Waals surface area contributed by atoms with Crippen LogP contribution in [0.1, 0.15) is 0 Å². The minimum absolute atomic E-state index is 0.0463. The number of nitrogens with one attached hydrogen (secondary N) is 1. The SMILES string of the molecule is COc1cccc(S(=O)(=O)Nc2cc3c(cc2Cl)n(C)c(=O)n3C)c1. The van der Waals surface area contributed by atoms with Crippen LogP contribution in [0.25, 0.3) is 11.0 Å². The number of imidazole rings is 1. The highest BCUT2D eigenvalue weighted by molar-refractivity contribution is 7.92. The Labute approximate surface area is 149 Å². The highest BCUT2D eigenvalue weighted by Gasteiger charge is 2.18. The lowest BCUT2D eigenvalue weighted by molar-refractivity contribution is 0.413. The molecule has 0 aliphatic carbocycles. The minimum atomic E-state index is -3.86. The van der Waals surface area contributed by atoms with E-state index in [9.17, 15) is 13.2 Å². The monoisotopic (exact) mass is 381 g/mol. The van der Waals surface area contributed by atoms with Crippen molar-refractivity contribution in [2.24, 2.45) is 14.1 Å². The van der Waals surface area contributed by atoms with E-state index in [0.717, 1.165) is 0 Å². The summed E-state index contributed by atoms with van der Waals surface area (Å²) in [6, 6.07) is 9.19. The van der Waals surface area contributed by atoms with Crippen molar-refractivity contribution in [1.82, 2.24) is 9.13 Å². The zero-order valence-electron chi connectivity index (χ0n) is 13.8. The van der Waals surface area contributed by atoms with Crippen molar-refractivity contribution in [3.63, 3.8) is 0 Å². The Morgan fingerprint density at radius 1 is 1.08 bits per heavy atom. The van der Waals surface area contributed by atoms with Crippen molar-refractivity contribution in [2.75, 3.05) is 11.8 Å². The number of methoxy groups -OCH3 is 1. The first kappa shape index (κ1) is 17.4. The summed E-state index contributed by atoms with van der Waals surface area (Å²) in [5, 5.41) is 0.195. The summed E-state index contributed by atoms with van der Waals surface area (Å²) in [6.07, 6.45) is 0. The second-order valence-corrected chi connectivity index (χ2v) is 7.60. The third-order valence-electron chi connectivity index (χ3n) is 3.96. The van der Waals surface area contributed by atoms with E-state index in [-0.39, 0.29) is 21.3 Å². The molecule has 1 aromatic heterocycles. The molecule has 3 rings (SSSR count). The van der Waals surface area contributed by atoms with Crippen LogP contribution in [0.4, 0.5) is 5.69 Å². The summed E-state index contributed by atoms with van der Waals surface area (Å²) in [5.41, 5.74) is 1.15. The second kappa shape index (κ2) is 6.12. The molecular formula is C16H16ClN3O4S. The van der Waals surface area contributed by atoms with E-state index in [1.54, 1.807) is 32.3 Å². The van der Waals surface area contributed by atoms with Crippen molar-refractivity contribution >= 4 is 38.3 Å². The molecular weight excluding hydrogens is 366 g/mol. The number of aryl methyl sites for hydroxylation is 2. The van der Waals surface area contributed by atoms with Gasteiger partial charge in [-0.1, -0.05) is 17.7 Å². The van der Waals surface area contributed by atoms with Crippen molar-refractivity contribution in [2.45, 2.75) is 4.90 Å². The molecule has 0 fully saturated rings. The fourth-order valence-electron chi connectivity index (χ4n) is 2.57. The molecule has 0 saturated heterocycles. The fourth-order valence-corrected chi connectivity index (χ4v) is 3.94. The average Bonchev–Trinajstić information content (AvgIpc) is 2.79. The lowest BCUT2D eigenvalue weighted by Gasteiger charge is -2.11. The van der Waals surface area contributed by atoms with Gasteiger partial charge >= 0.3 is 5.69 Å². The summed E-state index contributed by atoms with van der Waals surface area (Å²) < 4.78 is 35.6. The summed E-state index contributed by atoms with van der Waals surface area (Å²) in [6.45, 7) is 0. The quantitative estimate of drug-likeness (QED) is 0.752. The van der Waals surface area contributed by atoms with Gasteiger partial charge in [-0.25, -0.2) is 13.2 Å². The highest BCUT2D eigenvalue weighted by Crippen LogP contribution is 2.30. The number of rotatable bonds is 4. The van der Waals surface area contributed by atoms with Gasteiger partial charge in [-0.2, -0.15) is 0 Å². The first-order chi connectivity index (χ1) is 11.7. The molecule has 0 aliphatic rings. The van der Waals surface area contributed by atoms with E-state index < -0.39 is 10.0 Å². The lowest BCUT2D eigenvalue weighted by Crippen LogP contribution is -2.19. The summed E-state index contributed by atoms with van der Waals surface area (Å²) in [5.74, 6) is 0.426. The average molecular weight is 382 g/mol. The number of nitrogens with zero attached hydrogens (tertiary/aromatic N) is 2. The fraction of sp³-hybridized carbons (Fsp3) is 0.188. The van der Waals surface area contributed by atoms with Crippen molar-refractivity contribution in [3.8, 4) is 5.75 Å². The third-order valence-corrected chi connectivity index (χ3v) is 5.63. The first-order valence-electron chi connectivity index (χ1n) is 7.26. The van der Waals surface area contributed by atoms with Crippen LogP contribution in [0.2, 0.25) is 5.02 Å². The van der Waals surface area contributed by atoms with Gasteiger partial charge in [-0.15, -0.1) is 0 Å². The van der Waals surface area contributed by atoms with E-state index in [1.807, 2.05) is 0 Å². The molecule has 132 valence electrons. The Morgan fingerprint density at radius 3 is 2.36 bits per heavy atom. The number of aromatic nitrogens is 2. The van der Waals surface area contributed by atoms with Gasteiger partial charge in [0.25, 0.3) is 10.0 Å². The number of fused-ring (bicyclic) bond motifs is 1. The van der Waals surface area contributed by atoms with Crippen LogP contribution in [0, 0.1) is 0 Å². The van der Waals surface area contributed by atoms with E-state index in [2.05, 4.69) is 4.72 Å². The molecule has 25 heavy (non-hydrogen) atoms. The van der Waals surface area contributed by atoms with Gasteiger partial charge in [-0.3, -0.25) is 13.9 Å². The molecule has 0 radical (unpaired) electrons. The number of hydrogen-bond acceptors (Lipinski definition) is 4. The molecule has 2 aromatic carbocycles. The molecule has 0 saturated carbocycles. The summed E-state index contributed by atoms with van der Waals surface area (Å²) >= 11 is 6.21.